The summed E-state index contributed by atoms with van der Waals surface area (Å²) >= 11 is 0. The quantitative estimate of drug-likeness (QED) is 0.645. The van der Waals surface area contributed by atoms with Crippen molar-refractivity contribution in [3.8, 4) is 0 Å². The number of hydrogen-bond donors (Lipinski definition) is 0. The molecule has 3 nitrogen and oxygen atoms in total. The van der Waals surface area contributed by atoms with Crippen LogP contribution in [0.5, 0.6) is 0 Å². The molecule has 0 saturated carbocycles. The number of rotatable bonds is 7. The summed E-state index contributed by atoms with van der Waals surface area (Å²) in [6, 6.07) is 21.5. The fraction of sp³-hybridized carbons (Fsp3) is 0.458. The van der Waals surface area contributed by atoms with Crippen molar-refractivity contribution in [2.24, 2.45) is 5.92 Å². The van der Waals surface area contributed by atoms with Gasteiger partial charge >= 0.3 is 5.97 Å². The standard InChI is InChI=1S/C24H31NO2/c1-3-27-24(26)22(18-20-12-6-4-7-13-20)23-16-10-11-17-25(23)19(2)21-14-8-5-9-15-21/h4-9,12-15,19,22-23H,3,10-11,16-18H2,1-2H3/t19-,22+,23-/m0/s1. The van der Waals surface area contributed by atoms with Crippen LogP contribution < -0.4 is 0 Å². The summed E-state index contributed by atoms with van der Waals surface area (Å²) < 4.78 is 5.50. The zero-order valence-corrected chi connectivity index (χ0v) is 16.5. The van der Waals surface area contributed by atoms with Crippen LogP contribution in [0.1, 0.15) is 50.3 Å². The van der Waals surface area contributed by atoms with Gasteiger partial charge in [-0.1, -0.05) is 67.1 Å². The van der Waals surface area contributed by atoms with E-state index in [0.29, 0.717) is 12.6 Å². The van der Waals surface area contributed by atoms with E-state index in [9.17, 15) is 4.79 Å². The second-order valence-corrected chi connectivity index (χ2v) is 7.44. The molecule has 0 spiro atoms. The predicted octanol–water partition coefficient (Wildman–Crippen LogP) is 5.02. The lowest BCUT2D eigenvalue weighted by molar-refractivity contribution is -0.151. The Labute approximate surface area is 163 Å². The maximum absolute atomic E-state index is 12.9. The van der Waals surface area contributed by atoms with Crippen LogP contribution in [0.4, 0.5) is 0 Å². The van der Waals surface area contributed by atoms with Crippen LogP contribution in [0.25, 0.3) is 0 Å². The first-order chi connectivity index (χ1) is 13.2. The largest absolute Gasteiger partial charge is 0.466 e. The van der Waals surface area contributed by atoms with Crippen molar-refractivity contribution in [1.82, 2.24) is 4.90 Å². The molecule has 0 unspecified atom stereocenters. The number of carbonyl (C=O) groups excluding carboxylic acids is 1. The normalized spacial score (nSPS) is 20.0. The summed E-state index contributed by atoms with van der Waals surface area (Å²) in [7, 11) is 0. The number of esters is 1. The Morgan fingerprint density at radius 2 is 1.74 bits per heavy atom. The minimum Gasteiger partial charge on any atom is -0.466 e. The fourth-order valence-corrected chi connectivity index (χ4v) is 4.31. The molecule has 3 rings (SSSR count). The molecule has 2 aromatic rings. The van der Waals surface area contributed by atoms with Crippen LogP contribution in [0.2, 0.25) is 0 Å². The van der Waals surface area contributed by atoms with Gasteiger partial charge in [0.25, 0.3) is 0 Å². The van der Waals surface area contributed by atoms with Gasteiger partial charge in [-0.2, -0.15) is 0 Å². The van der Waals surface area contributed by atoms with Crippen LogP contribution in [-0.4, -0.2) is 30.1 Å². The molecule has 27 heavy (non-hydrogen) atoms. The topological polar surface area (TPSA) is 29.5 Å². The Bertz CT molecular complexity index is 701. The SMILES string of the molecule is CCOC(=O)[C@H](Cc1ccccc1)[C@@H]1CCCCN1[C@@H](C)c1ccccc1. The molecule has 2 aromatic carbocycles. The van der Waals surface area contributed by atoms with Gasteiger partial charge in [0.15, 0.2) is 0 Å². The van der Waals surface area contributed by atoms with Crippen LogP contribution in [0, 0.1) is 5.92 Å². The molecule has 0 radical (unpaired) electrons. The third-order valence-electron chi connectivity index (χ3n) is 5.72. The Hall–Kier alpha value is -2.13. The molecular formula is C24H31NO2. The zero-order valence-electron chi connectivity index (χ0n) is 16.5. The van der Waals surface area contributed by atoms with Gasteiger partial charge in [-0.05, 0) is 50.8 Å². The Morgan fingerprint density at radius 3 is 2.41 bits per heavy atom. The highest BCUT2D eigenvalue weighted by atomic mass is 16.5. The molecule has 1 heterocycles. The molecule has 0 bridgehead atoms. The van der Waals surface area contributed by atoms with Crippen molar-refractivity contribution in [2.75, 3.05) is 13.2 Å². The Morgan fingerprint density at radius 1 is 1.07 bits per heavy atom. The van der Waals surface area contributed by atoms with E-state index in [1.54, 1.807) is 0 Å². The van der Waals surface area contributed by atoms with E-state index >= 15 is 0 Å². The molecule has 144 valence electrons. The molecule has 1 aliphatic heterocycles. The highest BCUT2D eigenvalue weighted by Crippen LogP contribution is 2.33. The third-order valence-corrected chi connectivity index (χ3v) is 5.72. The van der Waals surface area contributed by atoms with Crippen molar-refractivity contribution < 1.29 is 9.53 Å². The van der Waals surface area contributed by atoms with Crippen molar-refractivity contribution in [3.63, 3.8) is 0 Å². The van der Waals surface area contributed by atoms with Crippen molar-refractivity contribution in [1.29, 1.82) is 0 Å². The Balaban J connectivity index is 1.86. The predicted molar refractivity (Wildman–Crippen MR) is 109 cm³/mol. The van der Waals surface area contributed by atoms with E-state index in [1.807, 2.05) is 25.1 Å². The summed E-state index contributed by atoms with van der Waals surface area (Å²) in [5.41, 5.74) is 2.51. The van der Waals surface area contributed by atoms with Crippen LogP contribution >= 0.6 is 0 Å². The first-order valence-electron chi connectivity index (χ1n) is 10.2. The molecule has 1 fully saturated rings. The van der Waals surface area contributed by atoms with E-state index in [1.165, 1.54) is 24.0 Å². The minimum atomic E-state index is -0.126. The molecule has 0 aliphatic carbocycles. The molecule has 1 saturated heterocycles. The summed E-state index contributed by atoms with van der Waals surface area (Å²) in [5, 5.41) is 0. The lowest BCUT2D eigenvalue weighted by Gasteiger charge is -2.43. The first kappa shape index (κ1) is 19.6. The van der Waals surface area contributed by atoms with Crippen molar-refractivity contribution in [3.05, 3.63) is 71.8 Å². The van der Waals surface area contributed by atoms with Crippen molar-refractivity contribution >= 4 is 5.97 Å². The third kappa shape index (κ3) is 4.98. The average molecular weight is 366 g/mol. The minimum absolute atomic E-state index is 0.0569. The smallest absolute Gasteiger partial charge is 0.310 e. The maximum Gasteiger partial charge on any atom is 0.310 e. The summed E-state index contributed by atoms with van der Waals surface area (Å²) in [5.74, 6) is -0.183. The number of carbonyl (C=O) groups is 1. The van der Waals surface area contributed by atoms with E-state index in [0.717, 1.165) is 19.4 Å². The summed E-state index contributed by atoms with van der Waals surface area (Å²) in [4.78, 5) is 15.4. The van der Waals surface area contributed by atoms with Gasteiger partial charge in [0.05, 0.1) is 12.5 Å². The number of benzene rings is 2. The van der Waals surface area contributed by atoms with Gasteiger partial charge in [0, 0.05) is 12.1 Å². The molecular weight excluding hydrogens is 334 g/mol. The maximum atomic E-state index is 12.9. The molecule has 3 heteroatoms. The van der Waals surface area contributed by atoms with E-state index in [-0.39, 0.29) is 17.9 Å². The van der Waals surface area contributed by atoms with Crippen LogP contribution in [0.15, 0.2) is 60.7 Å². The highest BCUT2D eigenvalue weighted by molar-refractivity contribution is 5.73. The van der Waals surface area contributed by atoms with Gasteiger partial charge in [0.2, 0.25) is 0 Å². The van der Waals surface area contributed by atoms with Gasteiger partial charge in [0.1, 0.15) is 0 Å². The molecule has 0 aromatic heterocycles. The monoisotopic (exact) mass is 365 g/mol. The fourth-order valence-electron chi connectivity index (χ4n) is 4.31. The van der Waals surface area contributed by atoms with Gasteiger partial charge in [-0.3, -0.25) is 9.69 Å². The lowest BCUT2D eigenvalue weighted by atomic mass is 9.84. The number of ether oxygens (including phenoxy) is 1. The molecule has 0 N–H and O–H groups in total. The Kier molecular flexibility index (Phi) is 7.05. The number of hydrogen-bond acceptors (Lipinski definition) is 3. The highest BCUT2D eigenvalue weighted by Gasteiger charge is 2.37. The molecule has 1 aliphatic rings. The first-order valence-corrected chi connectivity index (χ1v) is 10.2. The molecule has 0 amide bonds. The second kappa shape index (κ2) is 9.70. The number of nitrogens with zero attached hydrogens (tertiary/aromatic N) is 1. The second-order valence-electron chi connectivity index (χ2n) is 7.44. The number of likely N-dealkylation sites (tertiary alicyclic amines) is 1. The van der Waals surface area contributed by atoms with Gasteiger partial charge in [-0.15, -0.1) is 0 Å². The van der Waals surface area contributed by atoms with E-state index in [4.69, 9.17) is 4.74 Å². The van der Waals surface area contributed by atoms with E-state index in [2.05, 4.69) is 54.3 Å². The van der Waals surface area contributed by atoms with Crippen LogP contribution in [-0.2, 0) is 16.0 Å². The van der Waals surface area contributed by atoms with Gasteiger partial charge in [-0.25, -0.2) is 0 Å². The van der Waals surface area contributed by atoms with E-state index < -0.39 is 0 Å². The summed E-state index contributed by atoms with van der Waals surface area (Å²) in [6.45, 7) is 5.62. The average Bonchev–Trinajstić information content (AvgIpc) is 2.73. The molecule has 3 atom stereocenters. The van der Waals surface area contributed by atoms with Crippen LogP contribution in [0.3, 0.4) is 0 Å². The lowest BCUT2D eigenvalue weighted by Crippen LogP contribution is -2.48. The number of piperidine rings is 1. The zero-order chi connectivity index (χ0) is 19.1. The summed E-state index contributed by atoms with van der Waals surface area (Å²) in [6.07, 6.45) is 4.15. The van der Waals surface area contributed by atoms with Crippen molar-refractivity contribution in [2.45, 2.75) is 51.6 Å². The van der Waals surface area contributed by atoms with Gasteiger partial charge < -0.3 is 4.74 Å².